The maximum Gasteiger partial charge on any atom is 0.325 e. The van der Waals surface area contributed by atoms with Gasteiger partial charge in [-0.05, 0) is 24.6 Å². The lowest BCUT2D eigenvalue weighted by molar-refractivity contribution is -0.133. The summed E-state index contributed by atoms with van der Waals surface area (Å²) in [7, 11) is 0. The van der Waals surface area contributed by atoms with Crippen molar-refractivity contribution in [1.29, 1.82) is 0 Å². The molecule has 0 aliphatic carbocycles. The molecule has 2 saturated heterocycles. The highest BCUT2D eigenvalue weighted by Crippen LogP contribution is 2.28. The van der Waals surface area contributed by atoms with Crippen LogP contribution in [0.4, 0.5) is 16.3 Å². The topological polar surface area (TPSA) is 104 Å². The van der Waals surface area contributed by atoms with Crippen molar-refractivity contribution in [2.75, 3.05) is 43.1 Å². The summed E-state index contributed by atoms with van der Waals surface area (Å²) >= 11 is 0. The summed E-state index contributed by atoms with van der Waals surface area (Å²) in [5.74, 6) is -0.129. The van der Waals surface area contributed by atoms with E-state index in [0.29, 0.717) is 24.5 Å². The molecule has 2 aliphatic heterocycles. The fourth-order valence-corrected chi connectivity index (χ4v) is 3.59. The van der Waals surface area contributed by atoms with Crippen LogP contribution in [0, 0.1) is 0 Å². The zero-order chi connectivity index (χ0) is 21.1. The van der Waals surface area contributed by atoms with Gasteiger partial charge in [0.25, 0.3) is 5.91 Å². The monoisotopic (exact) mass is 409 g/mol. The number of morpholine rings is 1. The lowest BCUT2D eigenvalue weighted by atomic mass is 9.92. The lowest BCUT2D eigenvalue weighted by Gasteiger charge is -2.27. The molecule has 4 rings (SSSR count). The maximum atomic E-state index is 12.9. The highest BCUT2D eigenvalue weighted by molar-refractivity contribution is 6.10. The average molecular weight is 409 g/mol. The number of pyridine rings is 1. The molecule has 0 bridgehead atoms. The summed E-state index contributed by atoms with van der Waals surface area (Å²) < 4.78 is 5.33. The van der Waals surface area contributed by atoms with E-state index in [1.807, 2.05) is 12.1 Å². The van der Waals surface area contributed by atoms with Crippen LogP contribution < -0.4 is 15.5 Å². The van der Waals surface area contributed by atoms with Crippen molar-refractivity contribution < 1.29 is 19.1 Å². The summed E-state index contributed by atoms with van der Waals surface area (Å²) in [4.78, 5) is 45.1. The summed E-state index contributed by atoms with van der Waals surface area (Å²) in [6, 6.07) is 11.9. The minimum absolute atomic E-state index is 0.377. The largest absolute Gasteiger partial charge is 0.378 e. The molecule has 1 aromatic carbocycles. The first-order chi connectivity index (χ1) is 14.5. The molecule has 156 valence electrons. The normalized spacial score (nSPS) is 21.5. The summed E-state index contributed by atoms with van der Waals surface area (Å²) in [5, 5.41) is 5.38. The molecule has 30 heavy (non-hydrogen) atoms. The number of hydrogen-bond donors (Lipinski definition) is 2. The number of ether oxygens (including phenoxy) is 1. The number of nitrogens with one attached hydrogen (secondary N) is 2. The Kier molecular flexibility index (Phi) is 5.37. The number of urea groups is 1. The predicted octanol–water partition coefficient (Wildman–Crippen LogP) is 1.32. The fourth-order valence-electron chi connectivity index (χ4n) is 3.59. The Morgan fingerprint density at radius 3 is 2.57 bits per heavy atom. The number of amides is 4. The second kappa shape index (κ2) is 8.11. The van der Waals surface area contributed by atoms with E-state index in [0.717, 1.165) is 23.8 Å². The van der Waals surface area contributed by atoms with Gasteiger partial charge < -0.3 is 20.3 Å². The molecule has 2 aliphatic rings. The number of carbonyl (C=O) groups is 3. The van der Waals surface area contributed by atoms with Gasteiger partial charge in [0.05, 0.1) is 25.1 Å². The molecule has 0 spiro atoms. The van der Waals surface area contributed by atoms with E-state index in [4.69, 9.17) is 4.74 Å². The molecule has 2 fully saturated rings. The number of imide groups is 1. The van der Waals surface area contributed by atoms with Gasteiger partial charge in [0.1, 0.15) is 17.9 Å². The summed E-state index contributed by atoms with van der Waals surface area (Å²) in [6.07, 6.45) is 1.56. The Balaban J connectivity index is 1.39. The van der Waals surface area contributed by atoms with Crippen LogP contribution in [-0.2, 0) is 19.9 Å². The SMILES string of the molecule is CC1(c2ccccc2)NC(=O)N(CC(=O)Nc2ccc(N3CCOCC3)nc2)C1=O. The van der Waals surface area contributed by atoms with Gasteiger partial charge in [-0.15, -0.1) is 0 Å². The van der Waals surface area contributed by atoms with Crippen LogP contribution in [0.25, 0.3) is 0 Å². The zero-order valence-corrected chi connectivity index (χ0v) is 16.6. The highest BCUT2D eigenvalue weighted by Gasteiger charge is 2.49. The van der Waals surface area contributed by atoms with Gasteiger partial charge in [-0.3, -0.25) is 14.5 Å². The van der Waals surface area contributed by atoms with Gasteiger partial charge >= 0.3 is 6.03 Å². The number of hydrogen-bond acceptors (Lipinski definition) is 6. The van der Waals surface area contributed by atoms with Crippen LogP contribution >= 0.6 is 0 Å². The summed E-state index contributed by atoms with van der Waals surface area (Å²) in [5.41, 5.74) is -0.0379. The minimum Gasteiger partial charge on any atom is -0.378 e. The number of carbonyl (C=O) groups excluding carboxylic acids is 3. The quantitative estimate of drug-likeness (QED) is 0.722. The van der Waals surface area contributed by atoms with E-state index in [9.17, 15) is 14.4 Å². The maximum absolute atomic E-state index is 12.9. The molecule has 2 aromatic rings. The molecule has 0 saturated carbocycles. The number of aromatic nitrogens is 1. The molecule has 2 N–H and O–H groups in total. The molecule has 9 heteroatoms. The molecule has 4 amide bonds. The van der Waals surface area contributed by atoms with E-state index < -0.39 is 23.4 Å². The standard InChI is InChI=1S/C21H23N5O4/c1-21(15-5-3-2-4-6-15)19(28)26(20(29)24-21)14-18(27)23-16-7-8-17(22-13-16)25-9-11-30-12-10-25/h2-8,13H,9-12,14H2,1H3,(H,23,27)(H,24,29). The third-order valence-corrected chi connectivity index (χ3v) is 5.29. The van der Waals surface area contributed by atoms with Gasteiger partial charge in [0, 0.05) is 13.1 Å². The zero-order valence-electron chi connectivity index (χ0n) is 16.6. The Labute approximate surface area is 174 Å². The molecular formula is C21H23N5O4. The Morgan fingerprint density at radius 1 is 1.17 bits per heavy atom. The van der Waals surface area contributed by atoms with Gasteiger partial charge in [-0.1, -0.05) is 30.3 Å². The Morgan fingerprint density at radius 2 is 1.90 bits per heavy atom. The van der Waals surface area contributed by atoms with Crippen LogP contribution in [0.15, 0.2) is 48.7 Å². The van der Waals surface area contributed by atoms with Crippen molar-refractivity contribution >= 4 is 29.4 Å². The van der Waals surface area contributed by atoms with Crippen molar-refractivity contribution in [3.8, 4) is 0 Å². The summed E-state index contributed by atoms with van der Waals surface area (Å²) in [6.45, 7) is 4.12. The molecule has 3 heterocycles. The molecule has 1 atom stereocenters. The second-order valence-corrected chi connectivity index (χ2v) is 7.37. The first-order valence-electron chi connectivity index (χ1n) is 9.75. The van der Waals surface area contributed by atoms with E-state index in [2.05, 4.69) is 20.5 Å². The smallest absolute Gasteiger partial charge is 0.325 e. The van der Waals surface area contributed by atoms with Crippen LogP contribution in [0.1, 0.15) is 12.5 Å². The fraction of sp³-hybridized carbons (Fsp3) is 0.333. The molecule has 0 radical (unpaired) electrons. The molecular weight excluding hydrogens is 386 g/mol. The van der Waals surface area contributed by atoms with Crippen LogP contribution in [0.3, 0.4) is 0 Å². The van der Waals surface area contributed by atoms with E-state index in [1.165, 1.54) is 0 Å². The molecule has 9 nitrogen and oxygen atoms in total. The van der Waals surface area contributed by atoms with E-state index >= 15 is 0 Å². The van der Waals surface area contributed by atoms with Gasteiger partial charge in [-0.25, -0.2) is 9.78 Å². The van der Waals surface area contributed by atoms with Gasteiger partial charge in [0.2, 0.25) is 5.91 Å². The number of benzene rings is 1. The third-order valence-electron chi connectivity index (χ3n) is 5.29. The third kappa shape index (κ3) is 3.84. The molecule has 1 unspecified atom stereocenters. The Hall–Kier alpha value is -3.46. The van der Waals surface area contributed by atoms with Crippen molar-refractivity contribution in [2.45, 2.75) is 12.5 Å². The van der Waals surface area contributed by atoms with Crippen LogP contribution in [0.5, 0.6) is 0 Å². The molecule has 1 aromatic heterocycles. The predicted molar refractivity (Wildman–Crippen MR) is 110 cm³/mol. The average Bonchev–Trinajstić information content (AvgIpc) is 2.99. The highest BCUT2D eigenvalue weighted by atomic mass is 16.5. The number of nitrogens with zero attached hydrogens (tertiary/aromatic N) is 3. The van der Waals surface area contributed by atoms with Gasteiger partial charge in [0.15, 0.2) is 0 Å². The van der Waals surface area contributed by atoms with Crippen molar-refractivity contribution in [3.63, 3.8) is 0 Å². The number of rotatable bonds is 5. The van der Waals surface area contributed by atoms with Crippen LogP contribution in [0.2, 0.25) is 0 Å². The van der Waals surface area contributed by atoms with Crippen molar-refractivity contribution in [1.82, 2.24) is 15.2 Å². The van der Waals surface area contributed by atoms with Crippen molar-refractivity contribution in [3.05, 3.63) is 54.2 Å². The van der Waals surface area contributed by atoms with Crippen LogP contribution in [-0.4, -0.2) is 60.6 Å². The second-order valence-electron chi connectivity index (χ2n) is 7.37. The minimum atomic E-state index is -1.19. The van der Waals surface area contributed by atoms with Crippen molar-refractivity contribution in [2.24, 2.45) is 0 Å². The first kappa shape index (κ1) is 19.8. The number of anilines is 2. The van der Waals surface area contributed by atoms with Gasteiger partial charge in [-0.2, -0.15) is 0 Å². The first-order valence-corrected chi connectivity index (χ1v) is 9.75. The van der Waals surface area contributed by atoms with E-state index in [-0.39, 0.29) is 6.54 Å². The Bertz CT molecular complexity index is 944. The van der Waals surface area contributed by atoms with E-state index in [1.54, 1.807) is 43.5 Å². The lowest BCUT2D eigenvalue weighted by Crippen LogP contribution is -2.42.